The van der Waals surface area contributed by atoms with Crippen LogP contribution in [0, 0.1) is 6.92 Å². The average molecular weight is 428 g/mol. The Morgan fingerprint density at radius 1 is 1.33 bits per heavy atom. The summed E-state index contributed by atoms with van der Waals surface area (Å²) < 4.78 is 13.4. The Hall–Kier alpha value is -1.37. The minimum Gasteiger partial charge on any atom is -0.380 e. The molecule has 2 aromatic rings. The van der Waals surface area contributed by atoms with Crippen molar-refractivity contribution in [3.63, 3.8) is 0 Å². The molecule has 1 heterocycles. The largest absolute Gasteiger partial charge is 0.380 e. The van der Waals surface area contributed by atoms with Crippen molar-refractivity contribution in [1.82, 2.24) is 9.78 Å². The number of rotatable bonds is 5. The number of aryl methyl sites for hydroxylation is 1. The summed E-state index contributed by atoms with van der Waals surface area (Å²) >= 11 is 12.5. The first kappa shape index (κ1) is 20.4. The van der Waals surface area contributed by atoms with Gasteiger partial charge >= 0.3 is 0 Å². The zero-order valence-corrected chi connectivity index (χ0v) is 17.7. The van der Waals surface area contributed by atoms with Gasteiger partial charge in [-0.1, -0.05) is 42.6 Å². The Balaban J connectivity index is 1.82. The van der Waals surface area contributed by atoms with Gasteiger partial charge in [0.1, 0.15) is 5.02 Å². The molecule has 1 aliphatic carbocycles. The molecule has 146 valence electrons. The van der Waals surface area contributed by atoms with Crippen molar-refractivity contribution in [1.29, 1.82) is 0 Å². The monoisotopic (exact) mass is 427 g/mol. The van der Waals surface area contributed by atoms with Crippen LogP contribution in [-0.2, 0) is 10.8 Å². The van der Waals surface area contributed by atoms with Crippen LogP contribution in [0.3, 0.4) is 0 Å². The Morgan fingerprint density at radius 3 is 2.81 bits per heavy atom. The fourth-order valence-corrected chi connectivity index (χ4v) is 5.11. The van der Waals surface area contributed by atoms with E-state index < -0.39 is 16.4 Å². The van der Waals surface area contributed by atoms with Gasteiger partial charge in [-0.25, -0.2) is 0 Å². The van der Waals surface area contributed by atoms with Crippen LogP contribution in [-0.4, -0.2) is 31.0 Å². The molecule has 8 heteroatoms. The fourth-order valence-electron chi connectivity index (χ4n) is 3.40. The van der Waals surface area contributed by atoms with Gasteiger partial charge in [0, 0.05) is 32.9 Å². The Labute approximate surface area is 171 Å². The summed E-state index contributed by atoms with van der Waals surface area (Å²) in [7, 11) is -0.802. The number of halogens is 2. The van der Waals surface area contributed by atoms with Crippen molar-refractivity contribution in [2.75, 3.05) is 11.1 Å². The second kappa shape index (κ2) is 8.76. The zero-order chi connectivity index (χ0) is 19.6. The SMILES string of the molecule is CCS(=O)C1CCCC(Nc2cnn(-c3ccc(C)c(Cl)c3)c(=O)c2Cl)C1. The first-order valence-electron chi connectivity index (χ1n) is 9.08. The molecule has 0 radical (unpaired) electrons. The molecule has 1 aliphatic rings. The van der Waals surface area contributed by atoms with E-state index in [2.05, 4.69) is 10.4 Å². The molecule has 3 unspecified atom stereocenters. The van der Waals surface area contributed by atoms with E-state index in [9.17, 15) is 9.00 Å². The molecule has 1 aromatic carbocycles. The first-order chi connectivity index (χ1) is 12.9. The van der Waals surface area contributed by atoms with Gasteiger partial charge in [0.2, 0.25) is 0 Å². The van der Waals surface area contributed by atoms with E-state index in [1.54, 1.807) is 18.3 Å². The van der Waals surface area contributed by atoms with Crippen LogP contribution >= 0.6 is 23.2 Å². The molecule has 0 bridgehead atoms. The van der Waals surface area contributed by atoms with E-state index in [1.165, 1.54) is 4.68 Å². The normalized spacial score (nSPS) is 21.0. The van der Waals surface area contributed by atoms with E-state index in [0.717, 1.165) is 31.2 Å². The average Bonchev–Trinajstić information content (AvgIpc) is 2.67. The molecule has 0 aliphatic heterocycles. The Kier molecular flexibility index (Phi) is 6.61. The van der Waals surface area contributed by atoms with Gasteiger partial charge in [-0.2, -0.15) is 9.78 Å². The van der Waals surface area contributed by atoms with Crippen molar-refractivity contribution in [2.24, 2.45) is 0 Å². The van der Waals surface area contributed by atoms with Crippen LogP contribution in [0.4, 0.5) is 5.69 Å². The number of nitrogens with one attached hydrogen (secondary N) is 1. The quantitative estimate of drug-likeness (QED) is 0.770. The van der Waals surface area contributed by atoms with Crippen molar-refractivity contribution >= 4 is 39.7 Å². The van der Waals surface area contributed by atoms with Crippen LogP contribution in [0.5, 0.6) is 0 Å². The maximum absolute atomic E-state index is 12.7. The number of nitrogens with zero attached hydrogens (tertiary/aromatic N) is 2. The van der Waals surface area contributed by atoms with Crippen molar-refractivity contribution in [2.45, 2.75) is 50.8 Å². The number of benzene rings is 1. The van der Waals surface area contributed by atoms with E-state index in [4.69, 9.17) is 23.2 Å². The highest BCUT2D eigenvalue weighted by Gasteiger charge is 2.26. The predicted octanol–water partition coefficient (Wildman–Crippen LogP) is 4.34. The molecule has 1 N–H and O–H groups in total. The summed E-state index contributed by atoms with van der Waals surface area (Å²) in [6.07, 6.45) is 5.34. The topological polar surface area (TPSA) is 64.0 Å². The van der Waals surface area contributed by atoms with Crippen LogP contribution in [0.25, 0.3) is 5.69 Å². The lowest BCUT2D eigenvalue weighted by Crippen LogP contribution is -2.34. The lowest BCUT2D eigenvalue weighted by molar-refractivity contribution is 0.465. The van der Waals surface area contributed by atoms with E-state index in [-0.39, 0.29) is 16.3 Å². The highest BCUT2D eigenvalue weighted by atomic mass is 35.5. The number of hydrogen-bond acceptors (Lipinski definition) is 4. The standard InChI is InChI=1S/C19H23Cl2N3O2S/c1-3-27(26)15-6-4-5-13(9-15)23-17-11-22-24(19(25)18(17)21)14-8-7-12(2)16(20)10-14/h7-8,10-11,13,15,23H,3-6,9H2,1-2H3. The summed E-state index contributed by atoms with van der Waals surface area (Å²) in [5, 5.41) is 8.45. The fraction of sp³-hybridized carbons (Fsp3) is 0.474. The number of aromatic nitrogens is 2. The minimum atomic E-state index is -0.802. The molecule has 27 heavy (non-hydrogen) atoms. The third-order valence-corrected chi connectivity index (χ3v) is 7.47. The molecule has 5 nitrogen and oxygen atoms in total. The molecule has 3 atom stereocenters. The van der Waals surface area contributed by atoms with Gasteiger partial charge in [-0.15, -0.1) is 0 Å². The van der Waals surface area contributed by atoms with E-state index in [1.807, 2.05) is 19.9 Å². The highest BCUT2D eigenvalue weighted by Crippen LogP contribution is 2.27. The highest BCUT2D eigenvalue weighted by molar-refractivity contribution is 7.85. The molecule has 0 amide bonds. The number of anilines is 1. The van der Waals surface area contributed by atoms with Crippen LogP contribution < -0.4 is 10.9 Å². The maximum Gasteiger partial charge on any atom is 0.292 e. The van der Waals surface area contributed by atoms with Crippen molar-refractivity contribution < 1.29 is 4.21 Å². The lowest BCUT2D eigenvalue weighted by atomic mass is 9.95. The van der Waals surface area contributed by atoms with Crippen LogP contribution in [0.15, 0.2) is 29.2 Å². The number of hydrogen-bond donors (Lipinski definition) is 1. The van der Waals surface area contributed by atoms with Crippen LogP contribution in [0.2, 0.25) is 10.0 Å². The molecule has 1 saturated carbocycles. The molecule has 0 saturated heterocycles. The smallest absolute Gasteiger partial charge is 0.292 e. The third kappa shape index (κ3) is 4.55. The second-order valence-electron chi connectivity index (χ2n) is 6.82. The molecule has 3 rings (SSSR count). The van der Waals surface area contributed by atoms with Gasteiger partial charge < -0.3 is 5.32 Å². The molecule has 0 spiro atoms. The molecule has 1 fully saturated rings. The predicted molar refractivity (Wildman–Crippen MR) is 113 cm³/mol. The first-order valence-corrected chi connectivity index (χ1v) is 11.2. The zero-order valence-electron chi connectivity index (χ0n) is 15.4. The molecular weight excluding hydrogens is 405 g/mol. The summed E-state index contributed by atoms with van der Waals surface area (Å²) in [6.45, 7) is 3.84. The van der Waals surface area contributed by atoms with Gasteiger partial charge in [-0.05, 0) is 43.9 Å². The van der Waals surface area contributed by atoms with E-state index >= 15 is 0 Å². The van der Waals surface area contributed by atoms with Crippen molar-refractivity contribution in [3.8, 4) is 5.69 Å². The summed E-state index contributed by atoms with van der Waals surface area (Å²) in [5.74, 6) is 0.675. The van der Waals surface area contributed by atoms with Crippen LogP contribution in [0.1, 0.15) is 38.2 Å². The van der Waals surface area contributed by atoms with Gasteiger partial charge in [0.25, 0.3) is 5.56 Å². The summed E-state index contributed by atoms with van der Waals surface area (Å²) in [4.78, 5) is 12.7. The summed E-state index contributed by atoms with van der Waals surface area (Å²) in [6, 6.07) is 5.45. The second-order valence-corrected chi connectivity index (χ2v) is 9.61. The van der Waals surface area contributed by atoms with Crippen molar-refractivity contribution in [3.05, 3.63) is 50.4 Å². The molecular formula is C19H23Cl2N3O2S. The third-order valence-electron chi connectivity index (χ3n) is 4.96. The Morgan fingerprint density at radius 2 is 2.11 bits per heavy atom. The lowest BCUT2D eigenvalue weighted by Gasteiger charge is -2.29. The van der Waals surface area contributed by atoms with E-state index in [0.29, 0.717) is 22.2 Å². The summed E-state index contributed by atoms with van der Waals surface area (Å²) in [5.41, 5.74) is 1.62. The Bertz CT molecular complexity index is 916. The minimum absolute atomic E-state index is 0.0976. The van der Waals surface area contributed by atoms with Gasteiger partial charge in [-0.3, -0.25) is 9.00 Å². The van der Waals surface area contributed by atoms with Gasteiger partial charge in [0.05, 0.1) is 17.6 Å². The van der Waals surface area contributed by atoms with Gasteiger partial charge in [0.15, 0.2) is 0 Å². The maximum atomic E-state index is 12.7. The molecule has 1 aromatic heterocycles.